The lowest BCUT2D eigenvalue weighted by molar-refractivity contribution is 0.0715. The summed E-state index contributed by atoms with van der Waals surface area (Å²) in [4.78, 5) is 13.9. The molecule has 112 valence electrons. The minimum absolute atomic E-state index is 0.0946. The molecule has 20 heavy (non-hydrogen) atoms. The fourth-order valence-electron chi connectivity index (χ4n) is 2.07. The molecule has 0 unspecified atom stereocenters. The average Bonchev–Trinajstić information content (AvgIpc) is 2.44. The predicted octanol–water partition coefficient (Wildman–Crippen LogP) is 1.99. The zero-order chi connectivity index (χ0) is 15.0. The first-order valence-electron chi connectivity index (χ1n) is 7.09. The average molecular weight is 280 g/mol. The van der Waals surface area contributed by atoms with Crippen molar-refractivity contribution < 1.29 is 15.0 Å². The number of nitrogen functional groups attached to an aromatic ring is 1. The van der Waals surface area contributed by atoms with Crippen LogP contribution in [0.15, 0.2) is 18.2 Å². The third kappa shape index (κ3) is 4.42. The van der Waals surface area contributed by atoms with Gasteiger partial charge in [-0.25, -0.2) is 0 Å². The van der Waals surface area contributed by atoms with E-state index in [2.05, 4.69) is 6.92 Å². The minimum Gasteiger partial charge on any atom is -0.505 e. The highest BCUT2D eigenvalue weighted by atomic mass is 16.3. The minimum atomic E-state index is -0.291. The summed E-state index contributed by atoms with van der Waals surface area (Å²) in [5, 5.41) is 18.9. The first-order valence-corrected chi connectivity index (χ1v) is 7.09. The molecule has 0 fully saturated rings. The van der Waals surface area contributed by atoms with Crippen molar-refractivity contribution in [3.05, 3.63) is 23.8 Å². The van der Waals surface area contributed by atoms with E-state index >= 15 is 0 Å². The number of unbranched alkanes of at least 4 members (excludes halogenated alkanes) is 3. The molecular weight excluding hydrogens is 256 g/mol. The molecule has 5 nitrogen and oxygen atoms in total. The van der Waals surface area contributed by atoms with Crippen LogP contribution in [-0.4, -0.2) is 40.7 Å². The quantitative estimate of drug-likeness (QED) is 0.386. The smallest absolute Gasteiger partial charge is 0.257 e. The van der Waals surface area contributed by atoms with Crippen LogP contribution in [0.1, 0.15) is 43.0 Å². The van der Waals surface area contributed by atoms with E-state index in [1.54, 1.807) is 23.1 Å². The number of hydrogen-bond acceptors (Lipinski definition) is 4. The summed E-state index contributed by atoms with van der Waals surface area (Å²) in [6.07, 6.45) is 4.20. The van der Waals surface area contributed by atoms with Crippen LogP contribution < -0.4 is 5.73 Å². The topological polar surface area (TPSA) is 86.8 Å². The van der Waals surface area contributed by atoms with E-state index < -0.39 is 0 Å². The number of aromatic hydroxyl groups is 1. The van der Waals surface area contributed by atoms with Gasteiger partial charge in [-0.3, -0.25) is 4.79 Å². The fraction of sp³-hybridized carbons (Fsp3) is 0.533. The lowest BCUT2D eigenvalue weighted by Crippen LogP contribution is -2.34. The van der Waals surface area contributed by atoms with E-state index in [0.29, 0.717) is 6.54 Å². The molecule has 0 atom stereocenters. The Bertz CT molecular complexity index is 435. The van der Waals surface area contributed by atoms with Crippen molar-refractivity contribution in [1.29, 1.82) is 0 Å². The van der Waals surface area contributed by atoms with Crippen LogP contribution in [0.3, 0.4) is 0 Å². The monoisotopic (exact) mass is 280 g/mol. The van der Waals surface area contributed by atoms with Gasteiger partial charge >= 0.3 is 0 Å². The standard InChI is InChI=1S/C15H24N2O3/c1-2-3-4-5-9-17(10-11-18)15(20)12-7-6-8-13(16)14(12)19/h6-8,18-19H,2-5,9-11,16H2,1H3. The number of hydrogen-bond donors (Lipinski definition) is 3. The van der Waals surface area contributed by atoms with Gasteiger partial charge in [0.25, 0.3) is 5.91 Å². The number of benzene rings is 1. The maximum absolute atomic E-state index is 12.4. The van der Waals surface area contributed by atoms with Crippen LogP contribution in [-0.2, 0) is 0 Å². The number of carbonyl (C=O) groups excluding carboxylic acids is 1. The number of anilines is 1. The van der Waals surface area contributed by atoms with Gasteiger partial charge in [-0.15, -0.1) is 0 Å². The molecule has 0 bridgehead atoms. The molecule has 1 rings (SSSR count). The third-order valence-electron chi connectivity index (χ3n) is 3.24. The molecular formula is C15H24N2O3. The van der Waals surface area contributed by atoms with Gasteiger partial charge in [-0.05, 0) is 18.6 Å². The van der Waals surface area contributed by atoms with E-state index in [4.69, 9.17) is 10.8 Å². The second-order valence-corrected chi connectivity index (χ2v) is 4.82. The highest BCUT2D eigenvalue weighted by Gasteiger charge is 2.19. The number of aliphatic hydroxyl groups excluding tert-OH is 1. The molecule has 1 aromatic rings. The molecule has 0 saturated carbocycles. The summed E-state index contributed by atoms with van der Waals surface area (Å²) in [5.74, 6) is -0.477. The molecule has 0 aromatic heterocycles. The van der Waals surface area contributed by atoms with Gasteiger partial charge in [0.15, 0.2) is 5.75 Å². The van der Waals surface area contributed by atoms with E-state index in [-0.39, 0.29) is 36.1 Å². The van der Waals surface area contributed by atoms with Crippen LogP contribution in [0.25, 0.3) is 0 Å². The molecule has 0 saturated heterocycles. The molecule has 4 N–H and O–H groups in total. The van der Waals surface area contributed by atoms with Gasteiger partial charge in [0.2, 0.25) is 0 Å². The van der Waals surface area contributed by atoms with Crippen molar-refractivity contribution in [3.63, 3.8) is 0 Å². The second-order valence-electron chi connectivity index (χ2n) is 4.82. The van der Waals surface area contributed by atoms with Crippen molar-refractivity contribution in [2.75, 3.05) is 25.4 Å². The van der Waals surface area contributed by atoms with Crippen molar-refractivity contribution in [1.82, 2.24) is 4.90 Å². The summed E-state index contributed by atoms with van der Waals surface area (Å²) < 4.78 is 0. The van der Waals surface area contributed by atoms with Crippen molar-refractivity contribution >= 4 is 11.6 Å². The first-order chi connectivity index (χ1) is 9.61. The first kappa shape index (κ1) is 16.3. The Morgan fingerprint density at radius 1 is 1.25 bits per heavy atom. The van der Waals surface area contributed by atoms with E-state index in [9.17, 15) is 9.90 Å². The lowest BCUT2D eigenvalue weighted by atomic mass is 10.1. The van der Waals surface area contributed by atoms with Gasteiger partial charge in [-0.2, -0.15) is 0 Å². The molecule has 1 amide bonds. The summed E-state index contributed by atoms with van der Waals surface area (Å²) in [5.41, 5.74) is 5.98. The molecule has 5 heteroatoms. The Labute approximate surface area is 120 Å². The Morgan fingerprint density at radius 2 is 2.00 bits per heavy atom. The molecule has 0 aliphatic carbocycles. The number of amides is 1. The Morgan fingerprint density at radius 3 is 2.65 bits per heavy atom. The van der Waals surface area contributed by atoms with Gasteiger partial charge in [-0.1, -0.05) is 32.3 Å². The van der Waals surface area contributed by atoms with Gasteiger partial charge in [0.1, 0.15) is 0 Å². The second kappa shape index (κ2) is 8.43. The molecule has 0 heterocycles. The van der Waals surface area contributed by atoms with Gasteiger partial charge in [0.05, 0.1) is 17.9 Å². The maximum atomic E-state index is 12.4. The highest BCUT2D eigenvalue weighted by Crippen LogP contribution is 2.25. The van der Waals surface area contributed by atoms with E-state index in [0.717, 1.165) is 25.7 Å². The Kier molecular flexibility index (Phi) is 6.87. The van der Waals surface area contributed by atoms with Crippen molar-refractivity contribution in [2.45, 2.75) is 32.6 Å². The zero-order valence-corrected chi connectivity index (χ0v) is 12.0. The maximum Gasteiger partial charge on any atom is 0.257 e. The summed E-state index contributed by atoms with van der Waals surface area (Å²) >= 11 is 0. The number of carbonyl (C=O) groups is 1. The fourth-order valence-corrected chi connectivity index (χ4v) is 2.07. The van der Waals surface area contributed by atoms with Gasteiger partial charge in [0, 0.05) is 13.1 Å². The molecule has 0 spiro atoms. The van der Waals surface area contributed by atoms with Crippen LogP contribution in [0.2, 0.25) is 0 Å². The SMILES string of the molecule is CCCCCCN(CCO)C(=O)c1cccc(N)c1O. The number of nitrogens with zero attached hydrogens (tertiary/aromatic N) is 1. The Balaban J connectivity index is 2.74. The summed E-state index contributed by atoms with van der Waals surface area (Å²) in [6.45, 7) is 2.87. The number of phenolic OH excluding ortho intramolecular Hbond substituents is 1. The van der Waals surface area contributed by atoms with Gasteiger partial charge < -0.3 is 20.8 Å². The van der Waals surface area contributed by atoms with Crippen molar-refractivity contribution in [3.8, 4) is 5.75 Å². The van der Waals surface area contributed by atoms with Crippen LogP contribution in [0.5, 0.6) is 5.75 Å². The van der Waals surface area contributed by atoms with Crippen LogP contribution >= 0.6 is 0 Å². The number of para-hydroxylation sites is 1. The molecule has 0 aliphatic rings. The van der Waals surface area contributed by atoms with E-state index in [1.807, 2.05) is 0 Å². The Hall–Kier alpha value is -1.75. The highest BCUT2D eigenvalue weighted by molar-refractivity contribution is 5.98. The largest absolute Gasteiger partial charge is 0.505 e. The number of phenols is 1. The zero-order valence-electron chi connectivity index (χ0n) is 12.0. The number of rotatable bonds is 8. The number of aliphatic hydroxyl groups is 1. The van der Waals surface area contributed by atoms with Crippen LogP contribution in [0.4, 0.5) is 5.69 Å². The lowest BCUT2D eigenvalue weighted by Gasteiger charge is -2.22. The third-order valence-corrected chi connectivity index (χ3v) is 3.24. The molecule has 1 aromatic carbocycles. The molecule has 0 radical (unpaired) electrons. The normalized spacial score (nSPS) is 10.5. The van der Waals surface area contributed by atoms with Crippen LogP contribution in [0, 0.1) is 0 Å². The summed E-state index contributed by atoms with van der Waals surface area (Å²) in [7, 11) is 0. The van der Waals surface area contributed by atoms with E-state index in [1.165, 1.54) is 0 Å². The summed E-state index contributed by atoms with van der Waals surface area (Å²) in [6, 6.07) is 4.73. The predicted molar refractivity (Wildman–Crippen MR) is 79.7 cm³/mol. The molecule has 0 aliphatic heterocycles. The number of nitrogens with two attached hydrogens (primary N) is 1. The van der Waals surface area contributed by atoms with Crippen molar-refractivity contribution in [2.24, 2.45) is 0 Å².